The van der Waals surface area contributed by atoms with E-state index in [9.17, 15) is 18.0 Å². The van der Waals surface area contributed by atoms with Gasteiger partial charge < -0.3 is 10.4 Å². The Morgan fingerprint density at radius 1 is 1.33 bits per heavy atom. The summed E-state index contributed by atoms with van der Waals surface area (Å²) in [4.78, 5) is 12.7. The van der Waals surface area contributed by atoms with E-state index in [1.54, 1.807) is 0 Å². The molecule has 0 bridgehead atoms. The molecule has 118 valence electrons. The zero-order valence-corrected chi connectivity index (χ0v) is 11.9. The largest absolute Gasteiger partial charge is 0.415 e. The Balaban J connectivity index is 2.34. The fourth-order valence-corrected chi connectivity index (χ4v) is 1.67. The number of nitrogens with zero attached hydrogens (tertiary/aromatic N) is 1. The first kappa shape index (κ1) is 17.5. The Hall–Kier alpha value is -1.60. The van der Waals surface area contributed by atoms with Crippen LogP contribution in [0.1, 0.15) is 11.1 Å². The maximum atomic E-state index is 12.2. The smallest absolute Gasteiger partial charge is 0.382 e. The number of amides is 1. The molecule has 1 amide bonds. The Labute approximate surface area is 121 Å². The van der Waals surface area contributed by atoms with Crippen LogP contribution in [0, 0.1) is 6.92 Å². The monoisotopic (exact) mass is 304 g/mol. The summed E-state index contributed by atoms with van der Waals surface area (Å²) >= 11 is 0. The van der Waals surface area contributed by atoms with E-state index >= 15 is 0 Å². The molecule has 0 heterocycles. The minimum atomic E-state index is -4.67. The van der Waals surface area contributed by atoms with Crippen LogP contribution in [0.25, 0.3) is 0 Å². The molecule has 0 fully saturated rings. The number of aliphatic hydroxyl groups is 1. The zero-order chi connectivity index (χ0) is 16.0. The number of benzene rings is 1. The number of carbonyl (C=O) groups is 1. The van der Waals surface area contributed by atoms with E-state index in [0.29, 0.717) is 6.54 Å². The van der Waals surface area contributed by atoms with Crippen LogP contribution < -0.4 is 5.32 Å². The molecule has 0 saturated carbocycles. The third-order valence-corrected chi connectivity index (χ3v) is 2.89. The molecule has 0 aliphatic rings. The van der Waals surface area contributed by atoms with Crippen molar-refractivity contribution in [2.24, 2.45) is 0 Å². The Morgan fingerprint density at radius 3 is 2.43 bits per heavy atom. The van der Waals surface area contributed by atoms with Crippen molar-refractivity contribution in [3.63, 3.8) is 0 Å². The first-order chi connectivity index (χ1) is 9.68. The summed E-state index contributed by atoms with van der Waals surface area (Å²) in [6.45, 7) is 1.42. The minimum Gasteiger partial charge on any atom is -0.382 e. The highest BCUT2D eigenvalue weighted by molar-refractivity contribution is 5.77. The van der Waals surface area contributed by atoms with Gasteiger partial charge in [-0.2, -0.15) is 13.2 Å². The molecule has 1 unspecified atom stereocenters. The molecule has 0 radical (unpaired) electrons. The summed E-state index contributed by atoms with van der Waals surface area (Å²) in [5.41, 5.74) is 2.01. The molecule has 21 heavy (non-hydrogen) atoms. The molecular weight excluding hydrogens is 285 g/mol. The van der Waals surface area contributed by atoms with Crippen LogP contribution in [0.5, 0.6) is 0 Å². The molecule has 0 aliphatic carbocycles. The van der Waals surface area contributed by atoms with E-state index in [1.165, 1.54) is 7.05 Å². The van der Waals surface area contributed by atoms with Gasteiger partial charge in [-0.05, 0) is 19.5 Å². The number of aliphatic hydroxyl groups excluding tert-OH is 1. The molecule has 0 aromatic heterocycles. The zero-order valence-electron chi connectivity index (χ0n) is 11.9. The fourth-order valence-electron chi connectivity index (χ4n) is 1.67. The Bertz CT molecular complexity index is 460. The number of aryl methyl sites for hydroxylation is 1. The Kier molecular flexibility index (Phi) is 6.17. The normalized spacial score (nSPS) is 13.3. The second-order valence-corrected chi connectivity index (χ2v) is 5.02. The first-order valence-corrected chi connectivity index (χ1v) is 6.44. The highest BCUT2D eigenvalue weighted by Gasteiger charge is 2.38. The van der Waals surface area contributed by atoms with Gasteiger partial charge in [-0.15, -0.1) is 0 Å². The summed E-state index contributed by atoms with van der Waals surface area (Å²) in [5, 5.41) is 11.5. The topological polar surface area (TPSA) is 52.6 Å². The SMILES string of the molecule is Cc1ccc(CNC(=O)CN(C)CC(O)C(F)(F)F)cc1. The van der Waals surface area contributed by atoms with E-state index in [4.69, 9.17) is 5.11 Å². The number of halogens is 3. The molecule has 0 spiro atoms. The lowest BCUT2D eigenvalue weighted by Gasteiger charge is -2.21. The van der Waals surface area contributed by atoms with E-state index in [1.807, 2.05) is 31.2 Å². The molecule has 1 atom stereocenters. The summed E-state index contributed by atoms with van der Waals surface area (Å²) in [5.74, 6) is -0.396. The molecule has 7 heteroatoms. The van der Waals surface area contributed by atoms with Crippen molar-refractivity contribution in [1.29, 1.82) is 0 Å². The van der Waals surface area contributed by atoms with Crippen molar-refractivity contribution >= 4 is 5.91 Å². The van der Waals surface area contributed by atoms with Crippen LogP contribution in [0.15, 0.2) is 24.3 Å². The van der Waals surface area contributed by atoms with Crippen molar-refractivity contribution in [2.75, 3.05) is 20.1 Å². The van der Waals surface area contributed by atoms with Crippen molar-refractivity contribution in [3.8, 4) is 0 Å². The van der Waals surface area contributed by atoms with Crippen LogP contribution in [-0.2, 0) is 11.3 Å². The Morgan fingerprint density at radius 2 is 1.90 bits per heavy atom. The van der Waals surface area contributed by atoms with Gasteiger partial charge >= 0.3 is 6.18 Å². The summed E-state index contributed by atoms with van der Waals surface area (Å²) in [7, 11) is 1.35. The minimum absolute atomic E-state index is 0.209. The van der Waals surface area contributed by atoms with Crippen LogP contribution in [-0.4, -0.2) is 48.3 Å². The first-order valence-electron chi connectivity index (χ1n) is 6.44. The summed E-state index contributed by atoms with van der Waals surface area (Å²) in [6, 6.07) is 7.56. The van der Waals surface area contributed by atoms with Gasteiger partial charge in [-0.25, -0.2) is 0 Å². The summed E-state index contributed by atoms with van der Waals surface area (Å²) < 4.78 is 36.5. The van der Waals surface area contributed by atoms with Crippen LogP contribution in [0.3, 0.4) is 0 Å². The lowest BCUT2D eigenvalue weighted by atomic mass is 10.1. The van der Waals surface area contributed by atoms with Gasteiger partial charge in [-0.3, -0.25) is 9.69 Å². The van der Waals surface area contributed by atoms with Crippen molar-refractivity contribution < 1.29 is 23.1 Å². The predicted octanol–water partition coefficient (Wildman–Crippen LogP) is 1.47. The average Bonchev–Trinajstić information content (AvgIpc) is 2.36. The van der Waals surface area contributed by atoms with E-state index in [-0.39, 0.29) is 6.54 Å². The van der Waals surface area contributed by atoms with Gasteiger partial charge in [0.25, 0.3) is 0 Å². The van der Waals surface area contributed by atoms with Gasteiger partial charge in [0.05, 0.1) is 6.54 Å². The summed E-state index contributed by atoms with van der Waals surface area (Å²) in [6.07, 6.45) is -7.13. The van der Waals surface area contributed by atoms with Crippen LogP contribution in [0.4, 0.5) is 13.2 Å². The lowest BCUT2D eigenvalue weighted by molar-refractivity contribution is -0.207. The van der Waals surface area contributed by atoms with Crippen LogP contribution >= 0.6 is 0 Å². The molecular formula is C14H19F3N2O2. The van der Waals surface area contributed by atoms with Gasteiger partial charge in [0.15, 0.2) is 6.10 Å². The number of hydrogen-bond acceptors (Lipinski definition) is 3. The van der Waals surface area contributed by atoms with E-state index < -0.39 is 24.7 Å². The van der Waals surface area contributed by atoms with Gasteiger partial charge in [0.1, 0.15) is 0 Å². The standard InChI is InChI=1S/C14H19F3N2O2/c1-10-3-5-11(6-4-10)7-18-13(21)9-19(2)8-12(20)14(15,16)17/h3-6,12,20H,7-9H2,1-2H3,(H,18,21). The van der Waals surface area contributed by atoms with Crippen LogP contribution in [0.2, 0.25) is 0 Å². The van der Waals surface area contributed by atoms with Crippen molar-refractivity contribution in [1.82, 2.24) is 10.2 Å². The highest BCUT2D eigenvalue weighted by Crippen LogP contribution is 2.20. The fraction of sp³-hybridized carbons (Fsp3) is 0.500. The maximum absolute atomic E-state index is 12.2. The number of nitrogens with one attached hydrogen (secondary N) is 1. The molecule has 1 rings (SSSR count). The number of rotatable bonds is 6. The second kappa shape index (κ2) is 7.42. The van der Waals surface area contributed by atoms with Gasteiger partial charge in [-0.1, -0.05) is 29.8 Å². The lowest BCUT2D eigenvalue weighted by Crippen LogP contribution is -2.43. The number of carbonyl (C=O) groups excluding carboxylic acids is 1. The average molecular weight is 304 g/mol. The highest BCUT2D eigenvalue weighted by atomic mass is 19.4. The molecule has 1 aromatic carbocycles. The number of alkyl halides is 3. The van der Waals surface area contributed by atoms with E-state index in [0.717, 1.165) is 16.0 Å². The van der Waals surface area contributed by atoms with E-state index in [2.05, 4.69) is 5.32 Å². The number of hydrogen-bond donors (Lipinski definition) is 2. The third-order valence-electron chi connectivity index (χ3n) is 2.89. The van der Waals surface area contributed by atoms with Gasteiger partial charge in [0, 0.05) is 13.1 Å². The van der Waals surface area contributed by atoms with Crippen molar-refractivity contribution in [3.05, 3.63) is 35.4 Å². The molecule has 2 N–H and O–H groups in total. The predicted molar refractivity (Wildman–Crippen MR) is 72.6 cm³/mol. The molecule has 0 aliphatic heterocycles. The third kappa shape index (κ3) is 6.59. The second-order valence-electron chi connectivity index (χ2n) is 5.02. The molecule has 1 aromatic rings. The molecule has 4 nitrogen and oxygen atoms in total. The van der Waals surface area contributed by atoms with Gasteiger partial charge in [0.2, 0.25) is 5.91 Å². The number of likely N-dealkylation sites (N-methyl/N-ethyl adjacent to an activating group) is 1. The molecule has 0 saturated heterocycles. The maximum Gasteiger partial charge on any atom is 0.415 e. The van der Waals surface area contributed by atoms with Crippen molar-refractivity contribution in [2.45, 2.75) is 25.7 Å². The quantitative estimate of drug-likeness (QED) is 0.837.